The Morgan fingerprint density at radius 2 is 2.16 bits per heavy atom. The molecular weight excluding hydrogens is 264 g/mol. The smallest absolute Gasteiger partial charge is 0.137 e. The molecule has 3 N–H and O–H groups in total. The molecule has 0 bridgehead atoms. The minimum absolute atomic E-state index is 0.210. The fraction of sp³-hybridized carbons (Fsp3) is 0.231. The summed E-state index contributed by atoms with van der Waals surface area (Å²) in [5, 5.41) is 0.445. The molecule has 19 heavy (non-hydrogen) atoms. The zero-order valence-electron chi connectivity index (χ0n) is 10.5. The number of pyridine rings is 2. The molecule has 0 radical (unpaired) electrons. The van der Waals surface area contributed by atoms with Crippen molar-refractivity contribution in [3.05, 3.63) is 53.1 Å². The van der Waals surface area contributed by atoms with Gasteiger partial charge in [0.2, 0.25) is 0 Å². The highest BCUT2D eigenvalue weighted by atomic mass is 35.5. The van der Waals surface area contributed by atoms with Gasteiger partial charge in [0.05, 0.1) is 18.8 Å². The van der Waals surface area contributed by atoms with E-state index in [-0.39, 0.29) is 6.04 Å². The van der Waals surface area contributed by atoms with Gasteiger partial charge in [-0.05, 0) is 30.2 Å². The van der Waals surface area contributed by atoms with Crippen molar-refractivity contribution in [3.63, 3.8) is 0 Å². The van der Waals surface area contributed by atoms with E-state index in [9.17, 15) is 0 Å². The van der Waals surface area contributed by atoms with Crippen LogP contribution in [0.2, 0.25) is 5.15 Å². The fourth-order valence-corrected chi connectivity index (χ4v) is 1.89. The second-order valence-electron chi connectivity index (χ2n) is 3.90. The Kier molecular flexibility index (Phi) is 4.68. The van der Waals surface area contributed by atoms with E-state index in [1.54, 1.807) is 24.7 Å². The van der Waals surface area contributed by atoms with E-state index >= 15 is 0 Å². The van der Waals surface area contributed by atoms with E-state index in [1.807, 2.05) is 19.1 Å². The van der Waals surface area contributed by atoms with Crippen molar-refractivity contribution in [3.8, 4) is 5.75 Å². The first-order valence-corrected chi connectivity index (χ1v) is 6.27. The van der Waals surface area contributed by atoms with E-state index in [1.165, 1.54) is 0 Å². The first kappa shape index (κ1) is 13.7. The number of hydrogen-bond acceptors (Lipinski definition) is 5. The van der Waals surface area contributed by atoms with Crippen LogP contribution in [0.3, 0.4) is 0 Å². The lowest BCUT2D eigenvalue weighted by Crippen LogP contribution is -2.29. The molecule has 2 aromatic rings. The highest BCUT2D eigenvalue weighted by Crippen LogP contribution is 2.23. The summed E-state index contributed by atoms with van der Waals surface area (Å²) in [4.78, 5) is 8.20. The predicted octanol–water partition coefficient (Wildman–Crippen LogP) is 2.08. The van der Waals surface area contributed by atoms with Gasteiger partial charge >= 0.3 is 0 Å². The molecule has 0 aliphatic carbocycles. The van der Waals surface area contributed by atoms with Crippen molar-refractivity contribution in [2.24, 2.45) is 5.84 Å². The molecule has 1 unspecified atom stereocenters. The van der Waals surface area contributed by atoms with E-state index < -0.39 is 0 Å². The number of nitrogens with two attached hydrogens (primary N) is 1. The van der Waals surface area contributed by atoms with E-state index in [2.05, 4.69) is 15.4 Å². The molecule has 0 amide bonds. The Labute approximate surface area is 116 Å². The first-order valence-electron chi connectivity index (χ1n) is 5.90. The Bertz CT molecular complexity index is 532. The summed E-state index contributed by atoms with van der Waals surface area (Å²) >= 11 is 5.78. The third-order valence-corrected chi connectivity index (χ3v) is 2.85. The van der Waals surface area contributed by atoms with Crippen molar-refractivity contribution in [2.75, 3.05) is 6.61 Å². The number of halogens is 1. The van der Waals surface area contributed by atoms with Gasteiger partial charge in [-0.2, -0.15) is 0 Å². The van der Waals surface area contributed by atoms with Crippen LogP contribution in [0, 0.1) is 0 Å². The standard InChI is InChI=1S/C13H15ClN4O/c1-2-19-11-5-10(6-16-8-11)13(18-15)9-3-4-12(14)17-7-9/h3-8,13,18H,2,15H2,1H3. The number of nitrogens with one attached hydrogen (secondary N) is 1. The molecule has 100 valence electrons. The Hall–Kier alpha value is -1.69. The average Bonchev–Trinajstić information content (AvgIpc) is 2.43. The lowest BCUT2D eigenvalue weighted by molar-refractivity contribution is 0.338. The molecule has 0 spiro atoms. The van der Waals surface area contributed by atoms with Crippen LogP contribution in [0.5, 0.6) is 5.75 Å². The quantitative estimate of drug-likeness (QED) is 0.498. The third-order valence-electron chi connectivity index (χ3n) is 2.63. The van der Waals surface area contributed by atoms with E-state index in [4.69, 9.17) is 22.2 Å². The molecule has 2 rings (SSSR count). The van der Waals surface area contributed by atoms with Crippen molar-refractivity contribution in [2.45, 2.75) is 13.0 Å². The van der Waals surface area contributed by atoms with Gasteiger partial charge in [0, 0.05) is 12.4 Å². The average molecular weight is 279 g/mol. The van der Waals surface area contributed by atoms with Gasteiger partial charge in [-0.1, -0.05) is 17.7 Å². The lowest BCUT2D eigenvalue weighted by atomic mass is 10.0. The van der Waals surface area contributed by atoms with Crippen molar-refractivity contribution < 1.29 is 4.74 Å². The van der Waals surface area contributed by atoms with Crippen LogP contribution in [-0.2, 0) is 0 Å². The zero-order chi connectivity index (χ0) is 13.7. The van der Waals surface area contributed by atoms with Gasteiger partial charge in [-0.25, -0.2) is 10.4 Å². The van der Waals surface area contributed by atoms with Gasteiger partial charge < -0.3 is 4.74 Å². The van der Waals surface area contributed by atoms with Gasteiger partial charge in [0.25, 0.3) is 0 Å². The van der Waals surface area contributed by atoms with E-state index in [0.717, 1.165) is 11.1 Å². The summed E-state index contributed by atoms with van der Waals surface area (Å²) in [7, 11) is 0. The lowest BCUT2D eigenvalue weighted by Gasteiger charge is -2.17. The van der Waals surface area contributed by atoms with Gasteiger partial charge in [0.1, 0.15) is 10.9 Å². The molecule has 0 aromatic carbocycles. The van der Waals surface area contributed by atoms with Gasteiger partial charge in [0.15, 0.2) is 0 Å². The molecule has 0 fully saturated rings. The van der Waals surface area contributed by atoms with E-state index in [0.29, 0.717) is 17.5 Å². The second-order valence-corrected chi connectivity index (χ2v) is 4.29. The van der Waals surface area contributed by atoms with Crippen LogP contribution < -0.4 is 16.0 Å². The second kappa shape index (κ2) is 6.47. The molecule has 0 saturated heterocycles. The third kappa shape index (κ3) is 3.41. The summed E-state index contributed by atoms with van der Waals surface area (Å²) in [5.41, 5.74) is 4.55. The monoisotopic (exact) mass is 278 g/mol. The first-order chi connectivity index (χ1) is 9.24. The fourth-order valence-electron chi connectivity index (χ4n) is 1.78. The molecule has 0 aliphatic heterocycles. The molecule has 1 atom stereocenters. The topological polar surface area (TPSA) is 73.1 Å². The predicted molar refractivity (Wildman–Crippen MR) is 73.8 cm³/mol. The number of aromatic nitrogens is 2. The molecule has 6 heteroatoms. The maximum Gasteiger partial charge on any atom is 0.137 e. The molecule has 2 aromatic heterocycles. The highest BCUT2D eigenvalue weighted by molar-refractivity contribution is 6.29. The van der Waals surface area contributed by atoms with Crippen molar-refractivity contribution >= 4 is 11.6 Å². The Morgan fingerprint density at radius 1 is 1.32 bits per heavy atom. The number of ether oxygens (including phenoxy) is 1. The van der Waals surface area contributed by atoms with Crippen molar-refractivity contribution in [1.29, 1.82) is 0 Å². The van der Waals surface area contributed by atoms with Gasteiger partial charge in [-0.3, -0.25) is 10.8 Å². The maximum atomic E-state index is 5.78. The highest BCUT2D eigenvalue weighted by Gasteiger charge is 2.14. The molecular formula is C13H15ClN4O. The summed E-state index contributed by atoms with van der Waals surface area (Å²) in [5.74, 6) is 6.33. The van der Waals surface area contributed by atoms with Crippen LogP contribution in [-0.4, -0.2) is 16.6 Å². The van der Waals surface area contributed by atoms with Crippen LogP contribution in [0.25, 0.3) is 0 Å². The SMILES string of the molecule is CCOc1cncc(C(NN)c2ccc(Cl)nc2)c1. The minimum atomic E-state index is -0.210. The number of hydrogen-bond donors (Lipinski definition) is 2. The minimum Gasteiger partial charge on any atom is -0.492 e. The largest absolute Gasteiger partial charge is 0.492 e. The van der Waals surface area contributed by atoms with Crippen LogP contribution in [0.4, 0.5) is 0 Å². The molecule has 5 nitrogen and oxygen atoms in total. The maximum absolute atomic E-state index is 5.78. The van der Waals surface area contributed by atoms with Crippen LogP contribution in [0.1, 0.15) is 24.1 Å². The van der Waals surface area contributed by atoms with Crippen molar-refractivity contribution in [1.82, 2.24) is 15.4 Å². The summed E-state index contributed by atoms with van der Waals surface area (Å²) in [6.07, 6.45) is 5.09. The summed E-state index contributed by atoms with van der Waals surface area (Å²) in [6, 6.07) is 5.28. The number of nitrogens with zero attached hydrogens (tertiary/aromatic N) is 2. The molecule has 2 heterocycles. The Balaban J connectivity index is 2.30. The normalized spacial score (nSPS) is 12.2. The Morgan fingerprint density at radius 3 is 2.79 bits per heavy atom. The van der Waals surface area contributed by atoms with Gasteiger partial charge in [-0.15, -0.1) is 0 Å². The molecule has 0 aliphatic rings. The zero-order valence-corrected chi connectivity index (χ0v) is 11.3. The number of hydrazine groups is 1. The van der Waals surface area contributed by atoms with Crippen LogP contribution in [0.15, 0.2) is 36.8 Å². The summed E-state index contributed by atoms with van der Waals surface area (Å²) < 4.78 is 5.43. The summed E-state index contributed by atoms with van der Waals surface area (Å²) in [6.45, 7) is 2.52. The van der Waals surface area contributed by atoms with Crippen LogP contribution >= 0.6 is 11.6 Å². The molecule has 0 saturated carbocycles. The number of rotatable bonds is 5.